The van der Waals surface area contributed by atoms with Gasteiger partial charge >= 0.3 is 0 Å². The SMILES string of the molecule is CN(Cc1ccccc1)/N=C\N. The third-order valence-corrected chi connectivity index (χ3v) is 1.52. The Kier molecular flexibility index (Phi) is 3.14. The molecule has 64 valence electrons. The van der Waals surface area contributed by atoms with Crippen LogP contribution >= 0.6 is 0 Å². The van der Waals surface area contributed by atoms with Crippen LogP contribution in [0.2, 0.25) is 0 Å². The lowest BCUT2D eigenvalue weighted by Gasteiger charge is -2.11. The van der Waals surface area contributed by atoms with Crippen LogP contribution in [-0.4, -0.2) is 18.4 Å². The fourth-order valence-electron chi connectivity index (χ4n) is 1.00. The van der Waals surface area contributed by atoms with Gasteiger partial charge in [0.25, 0.3) is 0 Å². The average molecular weight is 163 g/mol. The summed E-state index contributed by atoms with van der Waals surface area (Å²) >= 11 is 0. The molecule has 0 bridgehead atoms. The Morgan fingerprint density at radius 2 is 2.08 bits per heavy atom. The Bertz CT molecular complexity index is 243. The minimum absolute atomic E-state index is 0.786. The van der Waals surface area contributed by atoms with Crippen LogP contribution < -0.4 is 5.73 Å². The van der Waals surface area contributed by atoms with E-state index < -0.39 is 0 Å². The molecule has 0 radical (unpaired) electrons. The van der Waals surface area contributed by atoms with Crippen molar-refractivity contribution in [2.24, 2.45) is 10.8 Å². The Labute approximate surface area is 72.5 Å². The summed E-state index contributed by atoms with van der Waals surface area (Å²) < 4.78 is 0. The molecule has 0 aliphatic rings. The van der Waals surface area contributed by atoms with E-state index in [1.807, 2.05) is 25.2 Å². The zero-order valence-electron chi connectivity index (χ0n) is 7.14. The maximum absolute atomic E-state index is 5.15. The number of benzene rings is 1. The third kappa shape index (κ3) is 2.62. The molecular weight excluding hydrogens is 150 g/mol. The molecule has 0 atom stereocenters. The van der Waals surface area contributed by atoms with Gasteiger partial charge < -0.3 is 5.73 Å². The van der Waals surface area contributed by atoms with Gasteiger partial charge in [0, 0.05) is 7.05 Å². The molecule has 0 aliphatic carbocycles. The Hall–Kier alpha value is -1.51. The van der Waals surface area contributed by atoms with Gasteiger partial charge in [-0.05, 0) is 5.56 Å². The third-order valence-electron chi connectivity index (χ3n) is 1.52. The highest BCUT2D eigenvalue weighted by molar-refractivity contribution is 5.50. The number of hydrogen-bond donors (Lipinski definition) is 1. The molecule has 0 aromatic heterocycles. The highest BCUT2D eigenvalue weighted by Gasteiger charge is 1.93. The van der Waals surface area contributed by atoms with Crippen LogP contribution in [0.25, 0.3) is 0 Å². The average Bonchev–Trinajstić information content (AvgIpc) is 2.06. The fraction of sp³-hybridized carbons (Fsp3) is 0.222. The zero-order valence-corrected chi connectivity index (χ0v) is 7.14. The van der Waals surface area contributed by atoms with Gasteiger partial charge in [-0.15, -0.1) is 0 Å². The lowest BCUT2D eigenvalue weighted by molar-refractivity contribution is 0.348. The van der Waals surface area contributed by atoms with E-state index in [1.54, 1.807) is 5.01 Å². The normalized spacial score (nSPS) is 10.4. The van der Waals surface area contributed by atoms with Crippen molar-refractivity contribution in [3.63, 3.8) is 0 Å². The maximum Gasteiger partial charge on any atom is 0.106 e. The predicted octanol–water partition coefficient (Wildman–Crippen LogP) is 1.02. The van der Waals surface area contributed by atoms with Crippen LogP contribution in [0.1, 0.15) is 5.56 Å². The number of hydrazone groups is 1. The lowest BCUT2D eigenvalue weighted by Crippen LogP contribution is -2.11. The van der Waals surface area contributed by atoms with Crippen molar-refractivity contribution >= 4 is 6.34 Å². The van der Waals surface area contributed by atoms with Crippen LogP contribution in [0.3, 0.4) is 0 Å². The molecule has 0 spiro atoms. The van der Waals surface area contributed by atoms with Gasteiger partial charge in [-0.3, -0.25) is 5.01 Å². The summed E-state index contributed by atoms with van der Waals surface area (Å²) in [6.45, 7) is 0.786. The first-order valence-corrected chi connectivity index (χ1v) is 3.82. The first-order chi connectivity index (χ1) is 5.83. The molecule has 1 rings (SSSR count). The second-order valence-electron chi connectivity index (χ2n) is 2.57. The van der Waals surface area contributed by atoms with Crippen LogP contribution in [0.4, 0.5) is 0 Å². The van der Waals surface area contributed by atoms with Crippen LogP contribution in [0.15, 0.2) is 35.4 Å². The first-order valence-electron chi connectivity index (χ1n) is 3.82. The van der Waals surface area contributed by atoms with Crippen LogP contribution in [-0.2, 0) is 6.54 Å². The largest absolute Gasteiger partial charge is 0.388 e. The molecule has 1 aromatic carbocycles. The van der Waals surface area contributed by atoms with Gasteiger partial charge in [-0.1, -0.05) is 30.3 Å². The number of nitrogens with zero attached hydrogens (tertiary/aromatic N) is 2. The van der Waals surface area contributed by atoms with Crippen molar-refractivity contribution in [1.82, 2.24) is 5.01 Å². The summed E-state index contributed by atoms with van der Waals surface area (Å²) in [5.74, 6) is 0. The van der Waals surface area contributed by atoms with Gasteiger partial charge in [0.05, 0.1) is 6.54 Å². The molecule has 12 heavy (non-hydrogen) atoms. The number of hydrogen-bond acceptors (Lipinski definition) is 2. The molecule has 0 fully saturated rings. The molecular formula is C9H13N3. The lowest BCUT2D eigenvalue weighted by atomic mass is 10.2. The summed E-state index contributed by atoms with van der Waals surface area (Å²) in [7, 11) is 1.89. The van der Waals surface area contributed by atoms with Gasteiger partial charge in [0.2, 0.25) is 0 Å². The molecule has 0 aliphatic heterocycles. The number of rotatable bonds is 3. The van der Waals surface area contributed by atoms with Crippen molar-refractivity contribution in [3.8, 4) is 0 Å². The van der Waals surface area contributed by atoms with E-state index in [-0.39, 0.29) is 0 Å². The van der Waals surface area contributed by atoms with Gasteiger partial charge in [-0.25, -0.2) is 0 Å². The fourth-order valence-corrected chi connectivity index (χ4v) is 1.00. The molecule has 0 saturated carbocycles. The smallest absolute Gasteiger partial charge is 0.106 e. The number of nitrogens with two attached hydrogens (primary N) is 1. The topological polar surface area (TPSA) is 41.6 Å². The van der Waals surface area contributed by atoms with Crippen molar-refractivity contribution in [2.45, 2.75) is 6.54 Å². The Balaban J connectivity index is 2.52. The summed E-state index contributed by atoms with van der Waals surface area (Å²) in [5.41, 5.74) is 6.38. The minimum atomic E-state index is 0.786. The Morgan fingerprint density at radius 3 is 2.67 bits per heavy atom. The van der Waals surface area contributed by atoms with Crippen molar-refractivity contribution in [3.05, 3.63) is 35.9 Å². The highest BCUT2D eigenvalue weighted by atomic mass is 15.4. The second kappa shape index (κ2) is 4.38. The predicted molar refractivity (Wildman–Crippen MR) is 50.6 cm³/mol. The summed E-state index contributed by atoms with van der Waals surface area (Å²) in [4.78, 5) is 0. The molecule has 1 aromatic rings. The van der Waals surface area contributed by atoms with Crippen LogP contribution in [0.5, 0.6) is 0 Å². The summed E-state index contributed by atoms with van der Waals surface area (Å²) in [5, 5.41) is 5.69. The van der Waals surface area contributed by atoms with Gasteiger partial charge in [0.15, 0.2) is 0 Å². The zero-order chi connectivity index (χ0) is 8.81. The quantitative estimate of drug-likeness (QED) is 0.410. The Morgan fingerprint density at radius 1 is 1.42 bits per heavy atom. The molecule has 0 unspecified atom stereocenters. The van der Waals surface area contributed by atoms with Crippen molar-refractivity contribution in [2.75, 3.05) is 7.05 Å². The molecule has 0 heterocycles. The van der Waals surface area contributed by atoms with E-state index in [0.717, 1.165) is 6.54 Å². The maximum atomic E-state index is 5.15. The molecule has 3 nitrogen and oxygen atoms in total. The molecule has 3 heteroatoms. The van der Waals surface area contributed by atoms with E-state index in [4.69, 9.17) is 5.73 Å². The van der Waals surface area contributed by atoms with E-state index >= 15 is 0 Å². The molecule has 2 N–H and O–H groups in total. The van der Waals surface area contributed by atoms with E-state index in [1.165, 1.54) is 11.9 Å². The van der Waals surface area contributed by atoms with Gasteiger partial charge in [0.1, 0.15) is 6.34 Å². The second-order valence-corrected chi connectivity index (χ2v) is 2.57. The van der Waals surface area contributed by atoms with Crippen molar-refractivity contribution in [1.29, 1.82) is 0 Å². The minimum Gasteiger partial charge on any atom is -0.388 e. The summed E-state index contributed by atoms with van der Waals surface area (Å²) in [6, 6.07) is 10.1. The molecule has 0 amide bonds. The summed E-state index contributed by atoms with van der Waals surface area (Å²) in [6.07, 6.45) is 1.29. The van der Waals surface area contributed by atoms with E-state index in [2.05, 4.69) is 17.2 Å². The monoisotopic (exact) mass is 163 g/mol. The highest BCUT2D eigenvalue weighted by Crippen LogP contribution is 2.01. The standard InChI is InChI=1S/C9H13N3/c1-12(11-8-10)7-9-5-3-2-4-6-9/h2-6,8H,7H2,1H3,(H2,10,11). The van der Waals surface area contributed by atoms with Crippen molar-refractivity contribution < 1.29 is 0 Å². The van der Waals surface area contributed by atoms with Crippen LogP contribution in [0, 0.1) is 0 Å². The first kappa shape index (κ1) is 8.59. The van der Waals surface area contributed by atoms with E-state index in [0.29, 0.717) is 0 Å². The van der Waals surface area contributed by atoms with E-state index in [9.17, 15) is 0 Å². The molecule has 0 saturated heterocycles. The van der Waals surface area contributed by atoms with Gasteiger partial charge in [-0.2, -0.15) is 5.10 Å².